The molecule has 0 bridgehead atoms. The summed E-state index contributed by atoms with van der Waals surface area (Å²) in [4.78, 5) is 2.31. The summed E-state index contributed by atoms with van der Waals surface area (Å²) in [6.07, 6.45) is 0. The van der Waals surface area contributed by atoms with Crippen LogP contribution in [0, 0.1) is 10.5 Å². The second kappa shape index (κ2) is 9.63. The highest BCUT2D eigenvalue weighted by atomic mass is 127. The SMILES string of the molecule is Cc1ccc(N(c2ccc(-c3ccccc3)cc2)c2ccc(-c3ccc(I)cc3)cc2)cc1. The predicted molar refractivity (Wildman–Crippen MR) is 149 cm³/mol. The van der Waals surface area contributed by atoms with Gasteiger partial charge in [0.05, 0.1) is 0 Å². The van der Waals surface area contributed by atoms with Crippen molar-refractivity contribution in [1.82, 2.24) is 0 Å². The molecule has 5 aromatic carbocycles. The average Bonchev–Trinajstić information content (AvgIpc) is 2.87. The third-order valence-corrected chi connectivity index (χ3v) is 6.55. The van der Waals surface area contributed by atoms with Crippen molar-refractivity contribution in [2.24, 2.45) is 0 Å². The average molecular weight is 537 g/mol. The summed E-state index contributed by atoms with van der Waals surface area (Å²) in [5, 5.41) is 0. The molecule has 1 nitrogen and oxygen atoms in total. The van der Waals surface area contributed by atoms with Gasteiger partial charge in [-0.05, 0) is 100 Å². The zero-order chi connectivity index (χ0) is 22.6. The van der Waals surface area contributed by atoms with E-state index in [0.717, 1.165) is 17.1 Å². The van der Waals surface area contributed by atoms with E-state index in [2.05, 4.69) is 162 Å². The lowest BCUT2D eigenvalue weighted by molar-refractivity contribution is 1.27. The predicted octanol–water partition coefficient (Wildman–Crippen LogP) is 9.40. The highest BCUT2D eigenvalue weighted by Crippen LogP contribution is 2.36. The lowest BCUT2D eigenvalue weighted by atomic mass is 10.0. The molecule has 2 heteroatoms. The van der Waals surface area contributed by atoms with E-state index in [0.29, 0.717) is 0 Å². The molecule has 0 amide bonds. The molecule has 0 unspecified atom stereocenters. The van der Waals surface area contributed by atoms with E-state index in [-0.39, 0.29) is 0 Å². The second-order valence-electron chi connectivity index (χ2n) is 8.14. The molecule has 0 saturated carbocycles. The first-order valence-corrected chi connectivity index (χ1v) is 12.1. The summed E-state index contributed by atoms with van der Waals surface area (Å²) in [6, 6.07) is 45.5. The number of hydrogen-bond donors (Lipinski definition) is 0. The molecule has 33 heavy (non-hydrogen) atoms. The maximum absolute atomic E-state index is 2.34. The van der Waals surface area contributed by atoms with Crippen molar-refractivity contribution in [1.29, 1.82) is 0 Å². The minimum Gasteiger partial charge on any atom is -0.311 e. The number of aryl methyl sites for hydroxylation is 1. The first-order valence-electron chi connectivity index (χ1n) is 11.1. The van der Waals surface area contributed by atoms with Crippen molar-refractivity contribution >= 4 is 39.7 Å². The van der Waals surface area contributed by atoms with Crippen molar-refractivity contribution in [3.63, 3.8) is 0 Å². The molecule has 0 aliphatic heterocycles. The molecule has 0 fully saturated rings. The largest absolute Gasteiger partial charge is 0.311 e. The highest BCUT2D eigenvalue weighted by Gasteiger charge is 2.13. The molecule has 0 radical (unpaired) electrons. The Morgan fingerprint density at radius 2 is 0.788 bits per heavy atom. The summed E-state index contributed by atoms with van der Waals surface area (Å²) in [5.74, 6) is 0. The molecule has 0 aliphatic carbocycles. The van der Waals surface area contributed by atoms with E-state index < -0.39 is 0 Å². The van der Waals surface area contributed by atoms with Crippen LogP contribution in [0.4, 0.5) is 17.1 Å². The van der Waals surface area contributed by atoms with Crippen molar-refractivity contribution in [3.8, 4) is 22.3 Å². The Morgan fingerprint density at radius 3 is 1.24 bits per heavy atom. The van der Waals surface area contributed by atoms with Gasteiger partial charge in [0, 0.05) is 20.6 Å². The standard InChI is InChI=1S/C31H24IN/c1-23-7-17-29(18-8-23)33(30-19-11-26(12-20-30)24-5-3-2-4-6-24)31-21-13-27(14-22-31)25-9-15-28(32)16-10-25/h2-22H,1H3. The van der Waals surface area contributed by atoms with Gasteiger partial charge in [-0.25, -0.2) is 0 Å². The van der Waals surface area contributed by atoms with E-state index in [4.69, 9.17) is 0 Å². The van der Waals surface area contributed by atoms with Gasteiger partial charge in [0.2, 0.25) is 0 Å². The molecule has 5 aromatic rings. The van der Waals surface area contributed by atoms with Gasteiger partial charge >= 0.3 is 0 Å². The van der Waals surface area contributed by atoms with Crippen LogP contribution in [-0.4, -0.2) is 0 Å². The minimum atomic E-state index is 1.14. The van der Waals surface area contributed by atoms with Crippen LogP contribution in [-0.2, 0) is 0 Å². The van der Waals surface area contributed by atoms with Crippen LogP contribution >= 0.6 is 22.6 Å². The first-order chi connectivity index (χ1) is 16.2. The molecule has 0 aliphatic rings. The lowest BCUT2D eigenvalue weighted by Crippen LogP contribution is -2.09. The minimum absolute atomic E-state index is 1.14. The Morgan fingerprint density at radius 1 is 0.424 bits per heavy atom. The van der Waals surface area contributed by atoms with Crippen LogP contribution in [0.3, 0.4) is 0 Å². The maximum Gasteiger partial charge on any atom is 0.0462 e. The number of anilines is 3. The van der Waals surface area contributed by atoms with Crippen molar-refractivity contribution in [2.75, 3.05) is 4.90 Å². The third kappa shape index (κ3) is 4.86. The number of halogens is 1. The fraction of sp³-hybridized carbons (Fsp3) is 0.0323. The number of benzene rings is 5. The van der Waals surface area contributed by atoms with E-state index >= 15 is 0 Å². The summed E-state index contributed by atoms with van der Waals surface area (Å²) in [5.41, 5.74) is 9.59. The van der Waals surface area contributed by atoms with Crippen LogP contribution in [0.2, 0.25) is 0 Å². The Balaban J connectivity index is 1.52. The Bertz CT molecular complexity index is 1320. The molecule has 0 atom stereocenters. The Kier molecular flexibility index (Phi) is 6.27. The van der Waals surface area contributed by atoms with Gasteiger partial charge in [0.25, 0.3) is 0 Å². The quantitative estimate of drug-likeness (QED) is 0.202. The van der Waals surface area contributed by atoms with Crippen molar-refractivity contribution in [2.45, 2.75) is 6.92 Å². The highest BCUT2D eigenvalue weighted by molar-refractivity contribution is 14.1. The monoisotopic (exact) mass is 537 g/mol. The van der Waals surface area contributed by atoms with Gasteiger partial charge in [-0.3, -0.25) is 0 Å². The Labute approximate surface area is 209 Å². The Hall–Kier alpha value is -3.37. The summed E-state index contributed by atoms with van der Waals surface area (Å²) < 4.78 is 1.25. The van der Waals surface area contributed by atoms with Crippen LogP contribution in [0.25, 0.3) is 22.3 Å². The van der Waals surface area contributed by atoms with Gasteiger partial charge < -0.3 is 4.90 Å². The summed E-state index contributed by atoms with van der Waals surface area (Å²) in [7, 11) is 0. The molecule has 0 aromatic heterocycles. The smallest absolute Gasteiger partial charge is 0.0462 e. The third-order valence-electron chi connectivity index (χ3n) is 5.83. The summed E-state index contributed by atoms with van der Waals surface area (Å²) in [6.45, 7) is 2.12. The maximum atomic E-state index is 2.34. The number of hydrogen-bond acceptors (Lipinski definition) is 1. The molecule has 5 rings (SSSR count). The fourth-order valence-corrected chi connectivity index (χ4v) is 4.38. The molecule has 0 heterocycles. The van der Waals surface area contributed by atoms with E-state index in [9.17, 15) is 0 Å². The number of rotatable bonds is 5. The van der Waals surface area contributed by atoms with Crippen molar-refractivity contribution in [3.05, 3.63) is 137 Å². The zero-order valence-corrected chi connectivity index (χ0v) is 20.6. The fourth-order valence-electron chi connectivity index (χ4n) is 4.02. The summed E-state index contributed by atoms with van der Waals surface area (Å²) >= 11 is 2.34. The van der Waals surface area contributed by atoms with Crippen molar-refractivity contribution < 1.29 is 0 Å². The molecule has 0 spiro atoms. The van der Waals surface area contributed by atoms with E-state index in [1.807, 2.05) is 0 Å². The molecular weight excluding hydrogens is 513 g/mol. The first kappa shape index (κ1) is 21.5. The topological polar surface area (TPSA) is 3.24 Å². The van der Waals surface area contributed by atoms with E-state index in [1.165, 1.54) is 31.4 Å². The van der Waals surface area contributed by atoms with E-state index in [1.54, 1.807) is 0 Å². The molecule has 0 saturated heterocycles. The van der Waals surface area contributed by atoms with Crippen LogP contribution < -0.4 is 4.90 Å². The second-order valence-corrected chi connectivity index (χ2v) is 9.38. The molecule has 160 valence electrons. The van der Waals surface area contributed by atoms with Gasteiger partial charge in [0.15, 0.2) is 0 Å². The van der Waals surface area contributed by atoms with Crippen LogP contribution in [0.1, 0.15) is 5.56 Å². The lowest BCUT2D eigenvalue weighted by Gasteiger charge is -2.26. The van der Waals surface area contributed by atoms with Gasteiger partial charge in [-0.1, -0.05) is 84.4 Å². The van der Waals surface area contributed by atoms with Gasteiger partial charge in [-0.2, -0.15) is 0 Å². The normalized spacial score (nSPS) is 10.7. The molecule has 0 N–H and O–H groups in total. The molecular formula is C31H24IN. The van der Waals surface area contributed by atoms with Gasteiger partial charge in [-0.15, -0.1) is 0 Å². The van der Waals surface area contributed by atoms with Gasteiger partial charge in [0.1, 0.15) is 0 Å². The van der Waals surface area contributed by atoms with Crippen LogP contribution in [0.15, 0.2) is 127 Å². The van der Waals surface area contributed by atoms with Crippen LogP contribution in [0.5, 0.6) is 0 Å². The zero-order valence-electron chi connectivity index (χ0n) is 18.4. The number of nitrogens with zero attached hydrogens (tertiary/aromatic N) is 1.